The Hall–Kier alpha value is -2.32. The van der Waals surface area contributed by atoms with E-state index in [0.29, 0.717) is 17.7 Å². The standard InChI is InChI=1S/C15H17NO4/c1-2-20-14(18)9-10-16-15(19)13-8-4-3-6-12(13)7-5-11-17/h3-4,6,8,17H,2,9-11H2,1H3,(H,16,19). The minimum Gasteiger partial charge on any atom is -0.466 e. The molecule has 2 N–H and O–H groups in total. The Morgan fingerprint density at radius 2 is 2.10 bits per heavy atom. The van der Waals surface area contributed by atoms with E-state index in [9.17, 15) is 9.59 Å². The number of ether oxygens (including phenoxy) is 1. The van der Waals surface area contributed by atoms with Crippen LogP contribution in [0.3, 0.4) is 0 Å². The van der Waals surface area contributed by atoms with Crippen molar-refractivity contribution in [1.29, 1.82) is 0 Å². The maximum Gasteiger partial charge on any atom is 0.307 e. The van der Waals surface area contributed by atoms with E-state index < -0.39 is 0 Å². The Balaban J connectivity index is 2.61. The lowest BCUT2D eigenvalue weighted by molar-refractivity contribution is -0.142. The van der Waals surface area contributed by atoms with E-state index in [4.69, 9.17) is 9.84 Å². The number of aliphatic hydroxyl groups is 1. The summed E-state index contributed by atoms with van der Waals surface area (Å²) in [6.45, 7) is 2.00. The maximum absolute atomic E-state index is 12.0. The van der Waals surface area contributed by atoms with Crippen LogP contribution in [0, 0.1) is 11.8 Å². The fourth-order valence-electron chi connectivity index (χ4n) is 1.53. The SMILES string of the molecule is CCOC(=O)CCNC(=O)c1ccccc1C#CCO. The Kier molecular flexibility index (Phi) is 6.87. The molecule has 1 rings (SSSR count). The Morgan fingerprint density at radius 1 is 1.35 bits per heavy atom. The topological polar surface area (TPSA) is 75.6 Å². The zero-order valence-electron chi connectivity index (χ0n) is 11.3. The van der Waals surface area contributed by atoms with Crippen molar-refractivity contribution >= 4 is 11.9 Å². The minimum atomic E-state index is -0.346. The van der Waals surface area contributed by atoms with Crippen LogP contribution < -0.4 is 5.32 Å². The predicted octanol–water partition coefficient (Wildman–Crippen LogP) is 0.713. The number of hydrogen-bond donors (Lipinski definition) is 2. The monoisotopic (exact) mass is 275 g/mol. The molecule has 0 bridgehead atoms. The molecule has 0 aliphatic heterocycles. The first kappa shape index (κ1) is 15.7. The fraction of sp³-hybridized carbons (Fsp3) is 0.333. The summed E-state index contributed by atoms with van der Waals surface area (Å²) in [4.78, 5) is 23.1. The maximum atomic E-state index is 12.0. The molecule has 1 aromatic rings. The van der Waals surface area contributed by atoms with Crippen molar-refractivity contribution in [2.45, 2.75) is 13.3 Å². The number of nitrogens with one attached hydrogen (secondary N) is 1. The van der Waals surface area contributed by atoms with Gasteiger partial charge in [0.2, 0.25) is 0 Å². The highest BCUT2D eigenvalue weighted by Gasteiger charge is 2.10. The highest BCUT2D eigenvalue weighted by atomic mass is 16.5. The van der Waals surface area contributed by atoms with Crippen LogP contribution in [0.25, 0.3) is 0 Å². The molecule has 106 valence electrons. The average Bonchev–Trinajstić information content (AvgIpc) is 2.45. The summed E-state index contributed by atoms with van der Waals surface area (Å²) < 4.78 is 4.77. The van der Waals surface area contributed by atoms with Gasteiger partial charge in [-0.1, -0.05) is 24.0 Å². The highest BCUT2D eigenvalue weighted by molar-refractivity contribution is 5.96. The molecule has 0 aliphatic rings. The van der Waals surface area contributed by atoms with Gasteiger partial charge in [-0.05, 0) is 19.1 Å². The van der Waals surface area contributed by atoms with Crippen LogP contribution in [0.1, 0.15) is 29.3 Å². The van der Waals surface area contributed by atoms with Gasteiger partial charge < -0.3 is 15.2 Å². The Bertz CT molecular complexity index is 528. The number of amides is 1. The Morgan fingerprint density at radius 3 is 2.80 bits per heavy atom. The molecule has 20 heavy (non-hydrogen) atoms. The fourth-order valence-corrected chi connectivity index (χ4v) is 1.53. The molecule has 5 nitrogen and oxygen atoms in total. The van der Waals surface area contributed by atoms with Crippen LogP contribution in [0.5, 0.6) is 0 Å². The Labute approximate surface area is 117 Å². The van der Waals surface area contributed by atoms with Crippen LogP contribution in [0.4, 0.5) is 0 Å². The number of rotatable bonds is 5. The molecule has 0 saturated carbocycles. The van der Waals surface area contributed by atoms with E-state index in [1.165, 1.54) is 0 Å². The predicted molar refractivity (Wildman–Crippen MR) is 74.0 cm³/mol. The van der Waals surface area contributed by atoms with Crippen molar-refractivity contribution in [1.82, 2.24) is 5.32 Å². The van der Waals surface area contributed by atoms with Gasteiger partial charge in [-0.2, -0.15) is 0 Å². The lowest BCUT2D eigenvalue weighted by Crippen LogP contribution is -2.27. The molecule has 0 atom stereocenters. The summed E-state index contributed by atoms with van der Waals surface area (Å²) in [5, 5.41) is 11.3. The van der Waals surface area contributed by atoms with Gasteiger partial charge >= 0.3 is 5.97 Å². The van der Waals surface area contributed by atoms with Gasteiger partial charge in [0, 0.05) is 12.1 Å². The lowest BCUT2D eigenvalue weighted by atomic mass is 10.1. The molecule has 0 saturated heterocycles. The minimum absolute atomic E-state index is 0.129. The van der Waals surface area contributed by atoms with Crippen LogP contribution >= 0.6 is 0 Å². The first-order valence-corrected chi connectivity index (χ1v) is 6.31. The van der Waals surface area contributed by atoms with Gasteiger partial charge in [0.25, 0.3) is 5.91 Å². The lowest BCUT2D eigenvalue weighted by Gasteiger charge is -2.06. The molecular weight excluding hydrogens is 258 g/mol. The van der Waals surface area contributed by atoms with Crippen molar-refractivity contribution in [3.05, 3.63) is 35.4 Å². The second-order valence-electron chi connectivity index (χ2n) is 3.82. The molecule has 0 aliphatic carbocycles. The van der Waals surface area contributed by atoms with Gasteiger partial charge in [0.05, 0.1) is 18.6 Å². The van der Waals surface area contributed by atoms with Gasteiger partial charge in [-0.3, -0.25) is 9.59 Å². The summed E-state index contributed by atoms with van der Waals surface area (Å²) in [7, 11) is 0. The van der Waals surface area contributed by atoms with Gasteiger partial charge in [-0.15, -0.1) is 0 Å². The molecule has 1 amide bonds. The molecule has 5 heteroatoms. The van der Waals surface area contributed by atoms with Gasteiger partial charge in [0.15, 0.2) is 0 Å². The molecule has 0 fully saturated rings. The third-order valence-corrected chi connectivity index (χ3v) is 2.39. The van der Waals surface area contributed by atoms with Crippen LogP contribution in [-0.2, 0) is 9.53 Å². The second-order valence-corrected chi connectivity index (χ2v) is 3.82. The van der Waals surface area contributed by atoms with Crippen molar-refractivity contribution in [3.63, 3.8) is 0 Å². The van der Waals surface area contributed by atoms with E-state index in [1.807, 2.05) is 0 Å². The molecule has 1 aromatic carbocycles. The number of hydrogen-bond acceptors (Lipinski definition) is 4. The third kappa shape index (κ3) is 5.12. The zero-order chi connectivity index (χ0) is 14.8. The van der Waals surface area contributed by atoms with Gasteiger partial charge in [0.1, 0.15) is 6.61 Å². The quantitative estimate of drug-likeness (QED) is 0.613. The van der Waals surface area contributed by atoms with Crippen LogP contribution in [0.15, 0.2) is 24.3 Å². The summed E-state index contributed by atoms with van der Waals surface area (Å²) in [6.07, 6.45) is 0.129. The third-order valence-electron chi connectivity index (χ3n) is 2.39. The summed E-state index contributed by atoms with van der Waals surface area (Å²) in [5.74, 6) is 4.56. The molecule has 0 radical (unpaired) electrons. The molecule has 0 spiro atoms. The summed E-state index contributed by atoms with van der Waals surface area (Å²) in [5.41, 5.74) is 0.951. The van der Waals surface area contributed by atoms with E-state index in [-0.39, 0.29) is 31.4 Å². The van der Waals surface area contributed by atoms with E-state index in [2.05, 4.69) is 17.2 Å². The van der Waals surface area contributed by atoms with Gasteiger partial charge in [-0.25, -0.2) is 0 Å². The highest BCUT2D eigenvalue weighted by Crippen LogP contribution is 2.07. The van der Waals surface area contributed by atoms with E-state index >= 15 is 0 Å². The molecule has 0 aromatic heterocycles. The van der Waals surface area contributed by atoms with Crippen molar-refractivity contribution in [2.75, 3.05) is 19.8 Å². The van der Waals surface area contributed by atoms with Crippen molar-refractivity contribution < 1.29 is 19.4 Å². The number of carbonyl (C=O) groups is 2. The first-order chi connectivity index (χ1) is 9.69. The van der Waals surface area contributed by atoms with E-state index in [0.717, 1.165) is 0 Å². The number of esters is 1. The molecule has 0 heterocycles. The first-order valence-electron chi connectivity index (χ1n) is 6.31. The normalized spacial score (nSPS) is 9.30. The summed E-state index contributed by atoms with van der Waals surface area (Å²) >= 11 is 0. The largest absolute Gasteiger partial charge is 0.466 e. The molecular formula is C15H17NO4. The number of benzene rings is 1. The van der Waals surface area contributed by atoms with E-state index in [1.54, 1.807) is 31.2 Å². The van der Waals surface area contributed by atoms with Crippen LogP contribution in [-0.4, -0.2) is 36.7 Å². The number of aliphatic hydroxyl groups excluding tert-OH is 1. The van der Waals surface area contributed by atoms with Crippen molar-refractivity contribution in [3.8, 4) is 11.8 Å². The second kappa shape index (κ2) is 8.73. The number of carbonyl (C=O) groups excluding carboxylic acids is 2. The van der Waals surface area contributed by atoms with Crippen molar-refractivity contribution in [2.24, 2.45) is 0 Å². The van der Waals surface area contributed by atoms with Crippen LogP contribution in [0.2, 0.25) is 0 Å². The molecule has 0 unspecified atom stereocenters. The zero-order valence-corrected chi connectivity index (χ0v) is 11.3. The summed E-state index contributed by atoms with van der Waals surface area (Å²) in [6, 6.07) is 6.82. The average molecular weight is 275 g/mol. The smallest absolute Gasteiger partial charge is 0.307 e.